The average molecular weight is 210 g/mol. The highest BCUT2D eigenvalue weighted by Gasteiger charge is 2.28. The molecule has 2 rings (SSSR count). The molecule has 0 aromatic carbocycles. The van der Waals surface area contributed by atoms with E-state index in [9.17, 15) is 0 Å². The molecule has 1 unspecified atom stereocenters. The van der Waals surface area contributed by atoms with Crippen molar-refractivity contribution in [2.45, 2.75) is 58.5 Å². The summed E-state index contributed by atoms with van der Waals surface area (Å²) in [6, 6.07) is 1.64. The van der Waals surface area contributed by atoms with Gasteiger partial charge in [0.1, 0.15) is 0 Å². The Morgan fingerprint density at radius 2 is 1.87 bits per heavy atom. The fourth-order valence-electron chi connectivity index (χ4n) is 2.59. The fraction of sp³-hybridized carbons (Fsp3) is 1.00. The zero-order valence-electron chi connectivity index (χ0n) is 10.6. The third-order valence-electron chi connectivity index (χ3n) is 3.25. The Balaban J connectivity index is 1.75. The van der Waals surface area contributed by atoms with Crippen molar-refractivity contribution in [2.75, 3.05) is 19.6 Å². The van der Waals surface area contributed by atoms with Crippen molar-refractivity contribution in [1.82, 2.24) is 10.2 Å². The first-order valence-corrected chi connectivity index (χ1v) is 6.51. The fourth-order valence-corrected chi connectivity index (χ4v) is 2.59. The topological polar surface area (TPSA) is 15.3 Å². The van der Waals surface area contributed by atoms with E-state index < -0.39 is 0 Å². The molecule has 1 heterocycles. The van der Waals surface area contributed by atoms with Crippen LogP contribution >= 0.6 is 0 Å². The van der Waals surface area contributed by atoms with Crippen molar-refractivity contribution in [1.29, 1.82) is 0 Å². The molecule has 1 saturated heterocycles. The van der Waals surface area contributed by atoms with Crippen molar-refractivity contribution in [3.8, 4) is 0 Å². The monoisotopic (exact) mass is 210 g/mol. The van der Waals surface area contributed by atoms with E-state index in [2.05, 4.69) is 31.0 Å². The van der Waals surface area contributed by atoms with E-state index in [4.69, 9.17) is 0 Å². The summed E-state index contributed by atoms with van der Waals surface area (Å²) in [5, 5.41) is 3.77. The first-order chi connectivity index (χ1) is 7.03. The van der Waals surface area contributed by atoms with Gasteiger partial charge in [-0.25, -0.2) is 0 Å². The Morgan fingerprint density at radius 1 is 1.13 bits per heavy atom. The van der Waals surface area contributed by atoms with Gasteiger partial charge in [0.2, 0.25) is 0 Å². The summed E-state index contributed by atoms with van der Waals surface area (Å²) in [5.41, 5.74) is 0.446. The second-order valence-corrected chi connectivity index (χ2v) is 6.58. The summed E-state index contributed by atoms with van der Waals surface area (Å²) in [6.45, 7) is 10.8. The van der Waals surface area contributed by atoms with Gasteiger partial charge in [-0.15, -0.1) is 0 Å². The number of hydrogen-bond acceptors (Lipinski definition) is 2. The zero-order valence-corrected chi connectivity index (χ0v) is 10.6. The van der Waals surface area contributed by atoms with Gasteiger partial charge in [0.05, 0.1) is 0 Å². The summed E-state index contributed by atoms with van der Waals surface area (Å²) in [4.78, 5) is 2.64. The number of hydrogen-bond donors (Lipinski definition) is 1. The Morgan fingerprint density at radius 3 is 2.47 bits per heavy atom. The van der Waals surface area contributed by atoms with Crippen molar-refractivity contribution in [3.05, 3.63) is 0 Å². The normalized spacial score (nSPS) is 29.4. The van der Waals surface area contributed by atoms with E-state index in [1.165, 1.54) is 45.3 Å². The maximum Gasteiger partial charge on any atom is 0.0198 e. The van der Waals surface area contributed by atoms with Crippen LogP contribution in [0.2, 0.25) is 0 Å². The van der Waals surface area contributed by atoms with Gasteiger partial charge in [0.25, 0.3) is 0 Å². The van der Waals surface area contributed by atoms with Crippen LogP contribution in [0.15, 0.2) is 0 Å². The molecule has 1 aliphatic heterocycles. The molecule has 2 fully saturated rings. The molecule has 2 heteroatoms. The van der Waals surface area contributed by atoms with Crippen LogP contribution < -0.4 is 5.32 Å². The molecular formula is C13H26N2. The predicted molar refractivity (Wildman–Crippen MR) is 65.1 cm³/mol. The van der Waals surface area contributed by atoms with Crippen LogP contribution in [0.4, 0.5) is 0 Å². The molecule has 0 spiro atoms. The smallest absolute Gasteiger partial charge is 0.0198 e. The Hall–Kier alpha value is -0.0800. The summed E-state index contributed by atoms with van der Waals surface area (Å²) in [5.74, 6) is 0. The van der Waals surface area contributed by atoms with E-state index in [0.29, 0.717) is 5.41 Å². The van der Waals surface area contributed by atoms with Gasteiger partial charge >= 0.3 is 0 Å². The predicted octanol–water partition coefficient (Wildman–Crippen LogP) is 2.25. The molecule has 1 N–H and O–H groups in total. The van der Waals surface area contributed by atoms with Crippen LogP contribution in [-0.4, -0.2) is 36.6 Å². The Bertz CT molecular complexity index is 203. The standard InChI is InChI=1S/C13H26N2/c1-13(2,3)10-15-8-4-5-12(9-15)14-11-6-7-11/h11-12,14H,4-10H2,1-3H3. The molecule has 88 valence electrons. The highest BCUT2D eigenvalue weighted by molar-refractivity contribution is 4.88. The van der Waals surface area contributed by atoms with Crippen molar-refractivity contribution in [3.63, 3.8) is 0 Å². The minimum atomic E-state index is 0.446. The minimum Gasteiger partial charge on any atom is -0.310 e. The van der Waals surface area contributed by atoms with E-state index in [1.54, 1.807) is 0 Å². The van der Waals surface area contributed by atoms with Crippen LogP contribution in [0, 0.1) is 5.41 Å². The number of likely N-dealkylation sites (tertiary alicyclic amines) is 1. The maximum absolute atomic E-state index is 3.77. The van der Waals surface area contributed by atoms with Crippen LogP contribution in [-0.2, 0) is 0 Å². The second-order valence-electron chi connectivity index (χ2n) is 6.58. The first kappa shape index (κ1) is 11.4. The minimum absolute atomic E-state index is 0.446. The van der Waals surface area contributed by atoms with Gasteiger partial charge in [0.15, 0.2) is 0 Å². The maximum atomic E-state index is 3.77. The van der Waals surface area contributed by atoms with Crippen LogP contribution in [0.5, 0.6) is 0 Å². The summed E-state index contributed by atoms with van der Waals surface area (Å²) in [6.07, 6.45) is 5.59. The van der Waals surface area contributed by atoms with Crippen molar-refractivity contribution in [2.24, 2.45) is 5.41 Å². The summed E-state index contributed by atoms with van der Waals surface area (Å²) >= 11 is 0. The van der Waals surface area contributed by atoms with Crippen molar-refractivity contribution >= 4 is 0 Å². The van der Waals surface area contributed by atoms with E-state index in [1.807, 2.05) is 0 Å². The number of piperidine rings is 1. The first-order valence-electron chi connectivity index (χ1n) is 6.51. The molecule has 0 aromatic heterocycles. The Kier molecular flexibility index (Phi) is 3.36. The van der Waals surface area contributed by atoms with Gasteiger partial charge in [-0.2, -0.15) is 0 Å². The lowest BCUT2D eigenvalue weighted by molar-refractivity contribution is 0.140. The molecule has 2 nitrogen and oxygen atoms in total. The Labute approximate surface area is 94.4 Å². The lowest BCUT2D eigenvalue weighted by atomic mass is 9.94. The van der Waals surface area contributed by atoms with Crippen LogP contribution in [0.25, 0.3) is 0 Å². The number of nitrogens with zero attached hydrogens (tertiary/aromatic N) is 1. The van der Waals surface area contributed by atoms with Crippen molar-refractivity contribution < 1.29 is 0 Å². The average Bonchev–Trinajstić information content (AvgIpc) is 2.85. The van der Waals surface area contributed by atoms with Gasteiger partial charge < -0.3 is 10.2 Å². The van der Waals surface area contributed by atoms with Gasteiger partial charge in [-0.3, -0.25) is 0 Å². The summed E-state index contributed by atoms with van der Waals surface area (Å²) in [7, 11) is 0. The lowest BCUT2D eigenvalue weighted by Crippen LogP contribution is -2.48. The lowest BCUT2D eigenvalue weighted by Gasteiger charge is -2.37. The molecule has 0 radical (unpaired) electrons. The van der Waals surface area contributed by atoms with Gasteiger partial charge in [-0.1, -0.05) is 20.8 Å². The van der Waals surface area contributed by atoms with Gasteiger partial charge in [0, 0.05) is 25.2 Å². The van der Waals surface area contributed by atoms with Crippen LogP contribution in [0.1, 0.15) is 46.5 Å². The number of rotatable bonds is 3. The highest BCUT2D eigenvalue weighted by Crippen LogP contribution is 2.23. The molecule has 15 heavy (non-hydrogen) atoms. The quantitative estimate of drug-likeness (QED) is 0.768. The third-order valence-corrected chi connectivity index (χ3v) is 3.25. The molecule has 1 aliphatic carbocycles. The second kappa shape index (κ2) is 4.42. The van der Waals surface area contributed by atoms with E-state index in [0.717, 1.165) is 12.1 Å². The van der Waals surface area contributed by atoms with E-state index >= 15 is 0 Å². The highest BCUT2D eigenvalue weighted by atomic mass is 15.2. The largest absolute Gasteiger partial charge is 0.310 e. The molecule has 0 aromatic rings. The molecule has 1 atom stereocenters. The zero-order chi connectivity index (χ0) is 10.9. The molecule has 1 saturated carbocycles. The third kappa shape index (κ3) is 4.12. The van der Waals surface area contributed by atoms with E-state index in [-0.39, 0.29) is 0 Å². The SMILES string of the molecule is CC(C)(C)CN1CCCC(NC2CC2)C1. The summed E-state index contributed by atoms with van der Waals surface area (Å²) < 4.78 is 0. The van der Waals surface area contributed by atoms with Crippen LogP contribution in [0.3, 0.4) is 0 Å². The molecule has 0 bridgehead atoms. The molecular weight excluding hydrogens is 184 g/mol. The number of nitrogens with one attached hydrogen (secondary N) is 1. The van der Waals surface area contributed by atoms with Gasteiger partial charge in [-0.05, 0) is 37.6 Å². The molecule has 0 amide bonds. The molecule has 2 aliphatic rings.